The minimum Gasteiger partial charge on any atom is -0.376 e. The van der Waals surface area contributed by atoms with Crippen molar-refractivity contribution in [1.82, 2.24) is 9.97 Å². The Morgan fingerprint density at radius 1 is 1.13 bits per heavy atom. The fourth-order valence-corrected chi connectivity index (χ4v) is 5.09. The van der Waals surface area contributed by atoms with Gasteiger partial charge in [0, 0.05) is 23.6 Å². The maximum Gasteiger partial charge on any atom is 0.149 e. The molecule has 1 N–H and O–H groups in total. The zero-order valence-corrected chi connectivity index (χ0v) is 20.1. The van der Waals surface area contributed by atoms with Crippen LogP contribution in [0.1, 0.15) is 36.7 Å². The second-order valence-corrected chi connectivity index (χ2v) is 9.01. The van der Waals surface area contributed by atoms with Gasteiger partial charge in [0.15, 0.2) is 0 Å². The Balaban J connectivity index is 1.75. The van der Waals surface area contributed by atoms with Crippen molar-refractivity contribution in [2.75, 3.05) is 18.2 Å². The van der Waals surface area contributed by atoms with E-state index < -0.39 is 0 Å². The van der Waals surface area contributed by atoms with Crippen LogP contribution in [0.25, 0.3) is 11.3 Å². The molecular formula is C24H25Cl2N3OS. The Hall–Kier alpha value is -1.79. The summed E-state index contributed by atoms with van der Waals surface area (Å²) in [5.74, 6) is 0.798. The number of ether oxygens (including phenoxy) is 1. The third kappa shape index (κ3) is 4.56. The van der Waals surface area contributed by atoms with Crippen LogP contribution >= 0.6 is 35.0 Å². The van der Waals surface area contributed by atoms with Crippen molar-refractivity contribution in [3.05, 3.63) is 69.3 Å². The van der Waals surface area contributed by atoms with E-state index in [1.165, 1.54) is 11.1 Å². The van der Waals surface area contributed by atoms with Gasteiger partial charge in [-0.3, -0.25) is 0 Å². The van der Waals surface area contributed by atoms with Crippen molar-refractivity contribution in [2.45, 2.75) is 43.9 Å². The van der Waals surface area contributed by atoms with Gasteiger partial charge in [0.05, 0.1) is 22.9 Å². The largest absolute Gasteiger partial charge is 0.376 e. The molecular weight excluding hydrogens is 449 g/mol. The highest BCUT2D eigenvalue weighted by molar-refractivity contribution is 7.98. The molecule has 0 spiro atoms. The van der Waals surface area contributed by atoms with Gasteiger partial charge in [0.25, 0.3) is 0 Å². The molecule has 4 rings (SSSR count). The second kappa shape index (κ2) is 9.78. The number of halogens is 2. The molecule has 0 fully saturated rings. The molecule has 1 aromatic heterocycles. The van der Waals surface area contributed by atoms with Crippen LogP contribution in [0.15, 0.2) is 47.5 Å². The van der Waals surface area contributed by atoms with E-state index in [-0.39, 0.29) is 12.1 Å². The van der Waals surface area contributed by atoms with Crippen molar-refractivity contribution in [1.29, 1.82) is 0 Å². The van der Waals surface area contributed by atoms with Crippen LogP contribution in [0.4, 0.5) is 5.82 Å². The van der Waals surface area contributed by atoms with Gasteiger partial charge in [-0.05, 0) is 48.9 Å². The zero-order chi connectivity index (χ0) is 22.0. The van der Waals surface area contributed by atoms with Gasteiger partial charge in [-0.2, -0.15) is 0 Å². The number of aryl methyl sites for hydroxylation is 1. The summed E-state index contributed by atoms with van der Waals surface area (Å²) in [5, 5.41) is 5.66. The highest BCUT2D eigenvalue weighted by atomic mass is 35.5. The molecule has 0 saturated carbocycles. The van der Waals surface area contributed by atoms with E-state index in [0.29, 0.717) is 16.7 Å². The van der Waals surface area contributed by atoms with Crippen LogP contribution in [0.5, 0.6) is 0 Å². The molecule has 0 radical (unpaired) electrons. The van der Waals surface area contributed by atoms with Gasteiger partial charge in [0.1, 0.15) is 16.5 Å². The Bertz CT molecular complexity index is 1090. The first-order valence-corrected chi connectivity index (χ1v) is 12.4. The van der Waals surface area contributed by atoms with Crippen LogP contribution < -0.4 is 5.32 Å². The van der Waals surface area contributed by atoms with E-state index in [2.05, 4.69) is 36.5 Å². The number of benzene rings is 2. The highest BCUT2D eigenvalue weighted by Gasteiger charge is 2.33. The van der Waals surface area contributed by atoms with E-state index in [0.717, 1.165) is 40.6 Å². The van der Waals surface area contributed by atoms with Crippen LogP contribution in [-0.4, -0.2) is 28.9 Å². The first-order chi connectivity index (χ1) is 15.0. The van der Waals surface area contributed by atoms with E-state index in [1.54, 1.807) is 17.8 Å². The van der Waals surface area contributed by atoms with E-state index in [9.17, 15) is 0 Å². The molecule has 7 heteroatoms. The number of rotatable bonds is 7. The van der Waals surface area contributed by atoms with Crippen LogP contribution in [-0.2, 0) is 17.6 Å². The molecule has 2 atom stereocenters. The van der Waals surface area contributed by atoms with E-state index >= 15 is 0 Å². The normalized spacial score (nSPS) is 17.6. The molecule has 0 aliphatic heterocycles. The molecule has 1 aliphatic carbocycles. The number of thioether (sulfide) groups is 1. The third-order valence-corrected chi connectivity index (χ3v) is 6.73. The molecule has 0 unspecified atom stereocenters. The van der Waals surface area contributed by atoms with E-state index in [4.69, 9.17) is 37.9 Å². The molecule has 4 nitrogen and oxygen atoms in total. The summed E-state index contributed by atoms with van der Waals surface area (Å²) in [4.78, 5) is 9.95. The van der Waals surface area contributed by atoms with Crippen LogP contribution in [0, 0.1) is 0 Å². The average molecular weight is 474 g/mol. The predicted octanol–water partition coefficient (Wildman–Crippen LogP) is 6.85. The van der Waals surface area contributed by atoms with Crippen molar-refractivity contribution < 1.29 is 4.74 Å². The molecule has 2 aromatic carbocycles. The molecule has 0 bridgehead atoms. The molecule has 31 heavy (non-hydrogen) atoms. The first kappa shape index (κ1) is 22.4. The van der Waals surface area contributed by atoms with E-state index in [1.807, 2.05) is 25.3 Å². The number of nitrogens with zero attached hydrogens (tertiary/aromatic N) is 2. The monoisotopic (exact) mass is 473 g/mol. The number of fused-ring (bicyclic) bond motifs is 1. The number of hydrogen-bond acceptors (Lipinski definition) is 5. The van der Waals surface area contributed by atoms with Gasteiger partial charge in [0.2, 0.25) is 0 Å². The Kier molecular flexibility index (Phi) is 7.07. The van der Waals surface area contributed by atoms with Crippen LogP contribution in [0.2, 0.25) is 10.0 Å². The fraction of sp³-hybridized carbons (Fsp3) is 0.333. The summed E-state index contributed by atoms with van der Waals surface area (Å²) in [6.45, 7) is 4.80. The third-order valence-electron chi connectivity index (χ3n) is 5.51. The summed E-state index contributed by atoms with van der Waals surface area (Å²) in [5.41, 5.74) is 5.10. The summed E-state index contributed by atoms with van der Waals surface area (Å²) in [6.07, 6.45) is 3.71. The van der Waals surface area contributed by atoms with Crippen LogP contribution in [0.3, 0.4) is 0 Å². The van der Waals surface area contributed by atoms with Crippen molar-refractivity contribution in [3.8, 4) is 11.3 Å². The topological polar surface area (TPSA) is 47.0 Å². The summed E-state index contributed by atoms with van der Waals surface area (Å²) in [6, 6.07) is 14.0. The lowest BCUT2D eigenvalue weighted by molar-refractivity contribution is 0.0573. The molecule has 1 heterocycles. The minimum absolute atomic E-state index is 0.0374. The Labute approximate surface area is 197 Å². The number of anilines is 1. The minimum atomic E-state index is 0.0374. The summed E-state index contributed by atoms with van der Waals surface area (Å²) < 4.78 is 6.07. The van der Waals surface area contributed by atoms with Gasteiger partial charge in [-0.15, -0.1) is 11.8 Å². The summed E-state index contributed by atoms with van der Waals surface area (Å²) >= 11 is 14.1. The Morgan fingerprint density at radius 3 is 2.65 bits per heavy atom. The van der Waals surface area contributed by atoms with Crippen molar-refractivity contribution >= 4 is 40.8 Å². The SMILES string of the molecule is CCO[C@H]1Cc2ccccc2[C@H]1Nc1nc(SC)c(-c2ccc(Cl)cc2Cl)nc1CC. The first-order valence-electron chi connectivity index (χ1n) is 10.4. The maximum absolute atomic E-state index is 6.48. The van der Waals surface area contributed by atoms with Crippen molar-refractivity contribution in [2.24, 2.45) is 0 Å². The lowest BCUT2D eigenvalue weighted by Gasteiger charge is -2.24. The standard InChI is InChI=1S/C24H25Cl2N3OS/c1-4-19-23(28-21-16-9-7-6-8-14(16)12-20(21)30-5-2)29-24(31-3)22(27-19)17-11-10-15(25)13-18(17)26/h6-11,13,20-21H,4-5,12H2,1-3H3,(H,28,29)/t20-,21+/m0/s1. The molecule has 0 saturated heterocycles. The average Bonchev–Trinajstić information content (AvgIpc) is 3.11. The molecule has 0 amide bonds. The lowest BCUT2D eigenvalue weighted by Crippen LogP contribution is -2.26. The Morgan fingerprint density at radius 2 is 1.94 bits per heavy atom. The van der Waals surface area contributed by atoms with Crippen molar-refractivity contribution in [3.63, 3.8) is 0 Å². The quantitative estimate of drug-likeness (QED) is 0.380. The number of nitrogens with one attached hydrogen (secondary N) is 1. The maximum atomic E-state index is 6.48. The second-order valence-electron chi connectivity index (χ2n) is 7.37. The highest BCUT2D eigenvalue weighted by Crippen LogP contribution is 2.39. The smallest absolute Gasteiger partial charge is 0.149 e. The molecule has 1 aliphatic rings. The van der Waals surface area contributed by atoms with Gasteiger partial charge >= 0.3 is 0 Å². The number of aromatic nitrogens is 2. The van der Waals surface area contributed by atoms with Gasteiger partial charge in [-0.25, -0.2) is 9.97 Å². The number of hydrogen-bond donors (Lipinski definition) is 1. The zero-order valence-electron chi connectivity index (χ0n) is 17.8. The summed E-state index contributed by atoms with van der Waals surface area (Å²) in [7, 11) is 0. The predicted molar refractivity (Wildman–Crippen MR) is 131 cm³/mol. The van der Waals surface area contributed by atoms with Gasteiger partial charge in [-0.1, -0.05) is 54.4 Å². The fourth-order valence-electron chi connectivity index (χ4n) is 4.06. The van der Waals surface area contributed by atoms with Gasteiger partial charge < -0.3 is 10.1 Å². The molecule has 3 aromatic rings. The lowest BCUT2D eigenvalue weighted by atomic mass is 10.1. The molecule has 162 valence electrons.